The summed E-state index contributed by atoms with van der Waals surface area (Å²) in [6.07, 6.45) is 4.34. The van der Waals surface area contributed by atoms with Crippen LogP contribution in [0.1, 0.15) is 44.5 Å². The summed E-state index contributed by atoms with van der Waals surface area (Å²) in [5.41, 5.74) is 2.38. The van der Waals surface area contributed by atoms with Crippen LogP contribution in [0.15, 0.2) is 0 Å². The van der Waals surface area contributed by atoms with E-state index in [1.807, 2.05) is 6.92 Å². The maximum absolute atomic E-state index is 6.50. The average molecular weight is 314 g/mol. The number of aryl methyl sites for hydroxylation is 2. The van der Waals surface area contributed by atoms with E-state index in [-0.39, 0.29) is 5.41 Å². The van der Waals surface area contributed by atoms with Gasteiger partial charge in [0, 0.05) is 26.3 Å². The Kier molecular flexibility index (Phi) is 6.08. The van der Waals surface area contributed by atoms with Gasteiger partial charge in [-0.2, -0.15) is 5.10 Å². The normalized spacial score (nSPS) is 18.1. The van der Waals surface area contributed by atoms with E-state index in [1.54, 1.807) is 0 Å². The minimum absolute atomic E-state index is 0.246. The van der Waals surface area contributed by atoms with Crippen molar-refractivity contribution >= 4 is 11.6 Å². The smallest absolute Gasteiger partial charge is 0.0847 e. The van der Waals surface area contributed by atoms with Crippen molar-refractivity contribution in [3.8, 4) is 0 Å². The molecule has 2 rings (SSSR count). The van der Waals surface area contributed by atoms with Crippen molar-refractivity contribution in [3.05, 3.63) is 16.4 Å². The van der Waals surface area contributed by atoms with E-state index in [1.165, 1.54) is 12.1 Å². The summed E-state index contributed by atoms with van der Waals surface area (Å²) in [7, 11) is 0. The second kappa shape index (κ2) is 7.61. The van der Waals surface area contributed by atoms with E-state index in [4.69, 9.17) is 16.3 Å². The molecule has 0 aliphatic carbocycles. The number of nitrogens with zero attached hydrogens (tertiary/aromatic N) is 2. The molecule has 5 heteroatoms. The van der Waals surface area contributed by atoms with E-state index in [9.17, 15) is 0 Å². The molecule has 0 amide bonds. The van der Waals surface area contributed by atoms with Crippen LogP contribution in [0.5, 0.6) is 0 Å². The molecular weight excluding hydrogens is 286 g/mol. The molecule has 0 spiro atoms. The number of hydrogen-bond acceptors (Lipinski definition) is 3. The zero-order chi connectivity index (χ0) is 15.3. The van der Waals surface area contributed by atoms with Gasteiger partial charge in [0.05, 0.1) is 16.4 Å². The van der Waals surface area contributed by atoms with Crippen LogP contribution in [-0.4, -0.2) is 36.1 Å². The lowest BCUT2D eigenvalue weighted by Crippen LogP contribution is -2.41. The van der Waals surface area contributed by atoms with Crippen molar-refractivity contribution in [2.45, 2.75) is 53.0 Å². The predicted octanol–water partition coefficient (Wildman–Crippen LogP) is 3.20. The fraction of sp³-hybridized carbons (Fsp3) is 0.812. The van der Waals surface area contributed by atoms with E-state index in [2.05, 4.69) is 28.9 Å². The number of halogens is 1. The Labute approximate surface area is 133 Å². The van der Waals surface area contributed by atoms with Crippen LogP contribution in [0.3, 0.4) is 0 Å². The van der Waals surface area contributed by atoms with Crippen molar-refractivity contribution in [3.63, 3.8) is 0 Å². The molecule has 0 bridgehead atoms. The molecule has 120 valence electrons. The van der Waals surface area contributed by atoms with Gasteiger partial charge in [0.15, 0.2) is 0 Å². The van der Waals surface area contributed by atoms with Gasteiger partial charge >= 0.3 is 0 Å². The van der Waals surface area contributed by atoms with Crippen molar-refractivity contribution < 1.29 is 4.74 Å². The first-order valence-electron chi connectivity index (χ1n) is 8.12. The van der Waals surface area contributed by atoms with E-state index >= 15 is 0 Å². The highest BCUT2D eigenvalue weighted by Gasteiger charge is 2.34. The Balaban J connectivity index is 2.18. The molecule has 2 heterocycles. The van der Waals surface area contributed by atoms with Gasteiger partial charge in [0.2, 0.25) is 0 Å². The lowest BCUT2D eigenvalue weighted by Gasteiger charge is -2.37. The zero-order valence-electron chi connectivity index (χ0n) is 13.5. The highest BCUT2D eigenvalue weighted by Crippen LogP contribution is 2.36. The number of hydrogen-bond donors (Lipinski definition) is 1. The lowest BCUT2D eigenvalue weighted by molar-refractivity contribution is 0.0141. The highest BCUT2D eigenvalue weighted by molar-refractivity contribution is 6.31. The quantitative estimate of drug-likeness (QED) is 0.786. The van der Waals surface area contributed by atoms with Crippen LogP contribution in [0, 0.1) is 12.3 Å². The second-order valence-electron chi connectivity index (χ2n) is 6.13. The Morgan fingerprint density at radius 3 is 2.67 bits per heavy atom. The van der Waals surface area contributed by atoms with Gasteiger partial charge in [0.25, 0.3) is 0 Å². The molecular formula is C16H28ClN3O. The molecule has 21 heavy (non-hydrogen) atoms. The molecule has 1 fully saturated rings. The molecule has 0 radical (unpaired) electrons. The lowest BCUT2D eigenvalue weighted by atomic mass is 9.76. The summed E-state index contributed by atoms with van der Waals surface area (Å²) in [4.78, 5) is 0. The summed E-state index contributed by atoms with van der Waals surface area (Å²) < 4.78 is 7.64. The van der Waals surface area contributed by atoms with Gasteiger partial charge in [-0.3, -0.25) is 4.68 Å². The third-order valence-electron chi connectivity index (χ3n) is 4.48. The average Bonchev–Trinajstić information content (AvgIpc) is 2.76. The summed E-state index contributed by atoms with van der Waals surface area (Å²) in [5, 5.41) is 9.00. The van der Waals surface area contributed by atoms with Crippen LogP contribution < -0.4 is 5.32 Å². The third kappa shape index (κ3) is 3.99. The molecule has 1 aliphatic heterocycles. The van der Waals surface area contributed by atoms with Gasteiger partial charge in [-0.1, -0.05) is 18.5 Å². The summed E-state index contributed by atoms with van der Waals surface area (Å²) in [5.74, 6) is 0. The van der Waals surface area contributed by atoms with Crippen LogP contribution in [0.25, 0.3) is 0 Å². The van der Waals surface area contributed by atoms with Crippen molar-refractivity contribution in [1.82, 2.24) is 15.1 Å². The SMILES string of the molecule is CCCNCC1(Cc2c(Cl)c(C)nn2CC)CCOCC1. The first kappa shape index (κ1) is 16.8. The van der Waals surface area contributed by atoms with Crippen LogP contribution in [-0.2, 0) is 17.7 Å². The van der Waals surface area contributed by atoms with E-state index in [0.717, 1.165) is 62.8 Å². The predicted molar refractivity (Wildman–Crippen MR) is 87.0 cm³/mol. The molecule has 0 unspecified atom stereocenters. The molecule has 4 nitrogen and oxygen atoms in total. The topological polar surface area (TPSA) is 39.1 Å². The molecule has 1 N–H and O–H groups in total. The number of aromatic nitrogens is 2. The van der Waals surface area contributed by atoms with Gasteiger partial charge in [-0.05, 0) is 51.5 Å². The standard InChI is InChI=1S/C16H28ClN3O/c1-4-8-18-12-16(6-9-21-10-7-16)11-14-15(17)13(3)19-20(14)5-2/h18H,4-12H2,1-3H3. The first-order valence-corrected chi connectivity index (χ1v) is 8.50. The fourth-order valence-electron chi connectivity index (χ4n) is 3.14. The number of nitrogens with one attached hydrogen (secondary N) is 1. The Morgan fingerprint density at radius 2 is 2.05 bits per heavy atom. The summed E-state index contributed by atoms with van der Waals surface area (Å²) in [6, 6.07) is 0. The van der Waals surface area contributed by atoms with Crippen LogP contribution >= 0.6 is 11.6 Å². The fourth-order valence-corrected chi connectivity index (χ4v) is 3.35. The molecule has 1 saturated heterocycles. The molecule has 1 aromatic rings. The Bertz CT molecular complexity index is 453. The largest absolute Gasteiger partial charge is 0.381 e. The van der Waals surface area contributed by atoms with Crippen molar-refractivity contribution in [2.75, 3.05) is 26.3 Å². The molecule has 0 saturated carbocycles. The Morgan fingerprint density at radius 1 is 1.33 bits per heavy atom. The summed E-state index contributed by atoms with van der Waals surface area (Å²) in [6.45, 7) is 11.0. The van der Waals surface area contributed by atoms with Gasteiger partial charge in [0.1, 0.15) is 0 Å². The van der Waals surface area contributed by atoms with E-state index < -0.39 is 0 Å². The molecule has 1 aromatic heterocycles. The minimum atomic E-state index is 0.246. The number of ether oxygens (including phenoxy) is 1. The Hall–Kier alpha value is -0.580. The van der Waals surface area contributed by atoms with Gasteiger partial charge in [-0.15, -0.1) is 0 Å². The van der Waals surface area contributed by atoms with Crippen LogP contribution in [0.2, 0.25) is 5.02 Å². The van der Waals surface area contributed by atoms with Gasteiger partial charge < -0.3 is 10.1 Å². The summed E-state index contributed by atoms with van der Waals surface area (Å²) >= 11 is 6.50. The third-order valence-corrected chi connectivity index (χ3v) is 4.97. The molecule has 0 aromatic carbocycles. The second-order valence-corrected chi connectivity index (χ2v) is 6.51. The maximum atomic E-state index is 6.50. The molecule has 1 aliphatic rings. The van der Waals surface area contributed by atoms with Crippen LogP contribution in [0.4, 0.5) is 0 Å². The first-order chi connectivity index (χ1) is 10.1. The number of rotatable bonds is 7. The highest BCUT2D eigenvalue weighted by atomic mass is 35.5. The zero-order valence-corrected chi connectivity index (χ0v) is 14.3. The maximum Gasteiger partial charge on any atom is 0.0847 e. The van der Waals surface area contributed by atoms with Crippen molar-refractivity contribution in [2.24, 2.45) is 5.41 Å². The monoisotopic (exact) mass is 313 g/mol. The van der Waals surface area contributed by atoms with Gasteiger partial charge in [-0.25, -0.2) is 0 Å². The molecule has 0 atom stereocenters. The van der Waals surface area contributed by atoms with Crippen molar-refractivity contribution in [1.29, 1.82) is 0 Å². The minimum Gasteiger partial charge on any atom is -0.381 e. The van der Waals surface area contributed by atoms with E-state index in [0.29, 0.717) is 0 Å².